The van der Waals surface area contributed by atoms with Gasteiger partial charge in [-0.05, 0) is 165 Å². The highest BCUT2D eigenvalue weighted by Gasteiger charge is 2.52. The fourth-order valence-electron chi connectivity index (χ4n) is 10.3. The maximum Gasteiger partial charge on any atom is 0.248 e. The second-order valence-electron chi connectivity index (χ2n) is 18.6. The summed E-state index contributed by atoms with van der Waals surface area (Å²) in [6, 6.07) is 42.2. The zero-order valence-corrected chi connectivity index (χ0v) is 40.3. The van der Waals surface area contributed by atoms with E-state index in [-0.39, 0.29) is 0 Å². The topological polar surface area (TPSA) is 96.3 Å². The normalized spacial score (nSPS) is 15.0. The molecule has 348 valence electrons. The van der Waals surface area contributed by atoms with E-state index >= 15 is 0 Å². The molecule has 0 saturated carbocycles. The van der Waals surface area contributed by atoms with Crippen molar-refractivity contribution >= 4 is 12.2 Å². The van der Waals surface area contributed by atoms with Gasteiger partial charge in [0.05, 0.1) is 18.6 Å². The maximum atomic E-state index is 6.49. The third kappa shape index (κ3) is 8.51. The summed E-state index contributed by atoms with van der Waals surface area (Å²) < 4.78 is 25.4. The van der Waals surface area contributed by atoms with Crippen LogP contribution < -0.4 is 9.47 Å². The summed E-state index contributed by atoms with van der Waals surface area (Å²) in [5.41, 5.74) is 13.8. The predicted molar refractivity (Wildman–Crippen MR) is 278 cm³/mol. The van der Waals surface area contributed by atoms with Gasteiger partial charge in [-0.15, -0.1) is 20.4 Å². The van der Waals surface area contributed by atoms with Gasteiger partial charge in [-0.2, -0.15) is 0 Å². The van der Waals surface area contributed by atoms with Crippen LogP contribution in [0.3, 0.4) is 0 Å². The van der Waals surface area contributed by atoms with Gasteiger partial charge in [0.15, 0.2) is 0 Å². The molecule has 69 heavy (non-hydrogen) atoms. The van der Waals surface area contributed by atoms with Crippen LogP contribution in [0.1, 0.15) is 112 Å². The van der Waals surface area contributed by atoms with E-state index in [0.29, 0.717) is 48.6 Å². The molecule has 0 amide bonds. The molecule has 6 aromatic carbocycles. The van der Waals surface area contributed by atoms with Crippen LogP contribution in [0.5, 0.6) is 11.5 Å². The van der Waals surface area contributed by atoms with Crippen LogP contribution in [0.4, 0.5) is 0 Å². The summed E-state index contributed by atoms with van der Waals surface area (Å²) >= 11 is 0. The van der Waals surface area contributed by atoms with E-state index in [2.05, 4.69) is 134 Å². The van der Waals surface area contributed by atoms with E-state index in [1.54, 1.807) is 0 Å². The summed E-state index contributed by atoms with van der Waals surface area (Å²) in [4.78, 5) is 0. The quantitative estimate of drug-likeness (QED) is 0.0746. The molecular formula is C61H60N4O4. The van der Waals surface area contributed by atoms with Gasteiger partial charge >= 0.3 is 0 Å². The average molecular weight is 913 g/mol. The Morgan fingerprint density at radius 2 is 0.812 bits per heavy atom. The zero-order chi connectivity index (χ0) is 47.5. The Morgan fingerprint density at radius 1 is 0.464 bits per heavy atom. The van der Waals surface area contributed by atoms with Gasteiger partial charge in [-0.25, -0.2) is 0 Å². The fraction of sp³-hybridized carbons (Fsp3) is 0.279. The van der Waals surface area contributed by atoms with Crippen molar-refractivity contribution in [3.63, 3.8) is 0 Å². The van der Waals surface area contributed by atoms with Crippen molar-refractivity contribution in [2.45, 2.75) is 84.5 Å². The number of benzene rings is 6. The second kappa shape index (κ2) is 19.7. The van der Waals surface area contributed by atoms with Crippen LogP contribution >= 0.6 is 0 Å². The van der Waals surface area contributed by atoms with Gasteiger partial charge in [-0.3, -0.25) is 0 Å². The summed E-state index contributed by atoms with van der Waals surface area (Å²) in [5.74, 6) is 4.55. The van der Waals surface area contributed by atoms with Crippen molar-refractivity contribution in [3.8, 4) is 79.6 Å². The molecule has 1 spiro atoms. The first-order chi connectivity index (χ1) is 33.9. The Kier molecular flexibility index (Phi) is 13.0. The molecule has 0 fully saturated rings. The number of ether oxygens (including phenoxy) is 2. The van der Waals surface area contributed by atoms with Crippen LogP contribution in [0.2, 0.25) is 0 Å². The van der Waals surface area contributed by atoms with E-state index in [0.717, 1.165) is 91.1 Å². The molecule has 2 heterocycles. The minimum absolute atomic E-state index is 0.440. The average Bonchev–Trinajstić information content (AvgIpc) is 4.21. The van der Waals surface area contributed by atoms with Crippen molar-refractivity contribution in [3.05, 3.63) is 168 Å². The third-order valence-corrected chi connectivity index (χ3v) is 14.4. The lowest BCUT2D eigenvalue weighted by molar-refractivity contribution is 0.233. The lowest BCUT2D eigenvalue weighted by atomic mass is 9.69. The minimum atomic E-state index is -0.739. The van der Waals surface area contributed by atoms with Crippen LogP contribution in [-0.4, -0.2) is 33.6 Å². The highest BCUT2D eigenvalue weighted by Crippen LogP contribution is 2.64. The Morgan fingerprint density at radius 3 is 1.17 bits per heavy atom. The molecule has 2 atom stereocenters. The largest absolute Gasteiger partial charge is 0.493 e. The van der Waals surface area contributed by atoms with Gasteiger partial charge in [0.25, 0.3) is 0 Å². The Balaban J connectivity index is 1.01. The second-order valence-corrected chi connectivity index (χ2v) is 18.6. The molecule has 2 aliphatic rings. The van der Waals surface area contributed by atoms with E-state index < -0.39 is 5.41 Å². The third-order valence-electron chi connectivity index (χ3n) is 14.4. The lowest BCUT2D eigenvalue weighted by Gasteiger charge is -2.31. The van der Waals surface area contributed by atoms with Crippen LogP contribution in [0, 0.1) is 11.8 Å². The van der Waals surface area contributed by atoms with Crippen LogP contribution in [-0.2, 0) is 5.41 Å². The number of unbranched alkanes of at least 4 members (excludes halogenated alkanes) is 2. The first kappa shape index (κ1) is 45.5. The lowest BCUT2D eigenvalue weighted by Crippen LogP contribution is -2.26. The summed E-state index contributed by atoms with van der Waals surface area (Å²) in [7, 11) is 0. The van der Waals surface area contributed by atoms with Gasteiger partial charge in [0.2, 0.25) is 23.6 Å². The van der Waals surface area contributed by atoms with Gasteiger partial charge in [-0.1, -0.05) is 128 Å². The molecule has 8 nitrogen and oxygen atoms in total. The number of fused-ring (bicyclic) bond motifs is 10. The molecule has 8 heteroatoms. The Bertz CT molecular complexity index is 2910. The van der Waals surface area contributed by atoms with E-state index in [9.17, 15) is 0 Å². The van der Waals surface area contributed by atoms with Crippen molar-refractivity contribution in [1.29, 1.82) is 0 Å². The van der Waals surface area contributed by atoms with Crippen molar-refractivity contribution < 1.29 is 18.3 Å². The first-order valence-corrected chi connectivity index (χ1v) is 24.9. The number of aromatic nitrogens is 4. The Hall–Kier alpha value is -7.32. The number of rotatable bonds is 20. The predicted octanol–water partition coefficient (Wildman–Crippen LogP) is 15.9. The molecule has 0 bridgehead atoms. The molecule has 0 N–H and O–H groups in total. The highest BCUT2D eigenvalue weighted by molar-refractivity contribution is 5.97. The molecule has 2 unspecified atom stereocenters. The molecular weight excluding hydrogens is 853 g/mol. The molecule has 0 saturated heterocycles. The standard InChI is InChI=1S/C61H60N4O4/c1-7-13-15-41(11-5)37-66-47-25-19-43(20-26-47)57-62-64-59(68-57)45-23-31-51-49-29-17-39(9-3)33-53(49)61(55(51)35-45)54-34-40(10-4)18-30-50(54)52-32-24-46(36-56(52)61)60-65-63-58(69-60)44-21-27-48(28-22-44)67-38-42(12-6)16-14-8-2/h9-10,17-36,41-42H,3-4,7-8,11-16,37-38H2,1-2,5-6H3. The van der Waals surface area contributed by atoms with Crippen LogP contribution in [0.25, 0.3) is 80.2 Å². The van der Waals surface area contributed by atoms with E-state index in [4.69, 9.17) is 18.3 Å². The molecule has 0 aliphatic heterocycles. The zero-order valence-electron chi connectivity index (χ0n) is 40.3. The Labute approximate surface area is 406 Å². The molecule has 2 aromatic heterocycles. The number of hydrogen-bond donors (Lipinski definition) is 0. The summed E-state index contributed by atoms with van der Waals surface area (Å²) in [6.45, 7) is 18.7. The minimum Gasteiger partial charge on any atom is -0.493 e. The smallest absolute Gasteiger partial charge is 0.248 e. The number of nitrogens with zero attached hydrogens (tertiary/aromatic N) is 4. The van der Waals surface area contributed by atoms with E-state index in [1.807, 2.05) is 60.7 Å². The van der Waals surface area contributed by atoms with Crippen molar-refractivity contribution in [1.82, 2.24) is 20.4 Å². The van der Waals surface area contributed by atoms with Gasteiger partial charge in [0, 0.05) is 22.3 Å². The van der Waals surface area contributed by atoms with E-state index in [1.165, 1.54) is 49.7 Å². The fourth-order valence-corrected chi connectivity index (χ4v) is 10.3. The molecule has 8 aromatic rings. The molecule has 0 radical (unpaired) electrons. The summed E-state index contributed by atoms with van der Waals surface area (Å²) in [6.07, 6.45) is 13.3. The first-order valence-electron chi connectivity index (χ1n) is 24.9. The SMILES string of the molecule is C=Cc1ccc2c(c1)C1(c3cc(C=C)ccc3-c3ccc(-c4nnc(-c5ccc(OCC(CC)CCCC)cc5)o4)cc31)c1cc(-c3nnc(-c4ccc(OCC(CC)CCCC)cc4)o3)ccc1-2. The van der Waals surface area contributed by atoms with Crippen molar-refractivity contribution in [2.75, 3.05) is 13.2 Å². The number of hydrogen-bond acceptors (Lipinski definition) is 8. The van der Waals surface area contributed by atoms with Crippen molar-refractivity contribution in [2.24, 2.45) is 11.8 Å². The maximum absolute atomic E-state index is 6.49. The van der Waals surface area contributed by atoms with Gasteiger partial charge in [0.1, 0.15) is 11.5 Å². The molecule has 2 aliphatic carbocycles. The van der Waals surface area contributed by atoms with Gasteiger partial charge < -0.3 is 18.3 Å². The van der Waals surface area contributed by atoms with Crippen LogP contribution in [0.15, 0.2) is 143 Å². The highest BCUT2D eigenvalue weighted by atomic mass is 16.5. The monoisotopic (exact) mass is 912 g/mol. The summed E-state index contributed by atoms with van der Waals surface area (Å²) in [5, 5.41) is 18.3. The molecule has 10 rings (SSSR count).